The van der Waals surface area contributed by atoms with Crippen LogP contribution in [0, 0.1) is 0 Å². The SMILES string of the molecule is CCNC(=O)c1ccc(Nc2nc3ccc(-c4ccc(C(=O)NCC(F)(F)F)cc4)cn3n2)c(OCC(F)(F)F)c1. The van der Waals surface area contributed by atoms with E-state index < -0.39 is 37.3 Å². The fourth-order valence-electron chi connectivity index (χ4n) is 3.63. The van der Waals surface area contributed by atoms with E-state index in [0.717, 1.165) is 0 Å². The van der Waals surface area contributed by atoms with E-state index in [1.165, 1.54) is 34.8 Å². The quantitative estimate of drug-likeness (QED) is 0.237. The standard InChI is InChI=1S/C26H22F6N6O3/c1-2-33-23(40)17-7-9-19(20(11-17)41-14-26(30,31)32)35-24-36-21-10-8-18(12-38(21)37-24)15-3-5-16(6-4-15)22(39)34-13-25(27,28)29/h3-12H,2,13-14H2,1H3,(H,33,40)(H,34,39)(H,35,37). The number of ether oxygens (including phenoxy) is 1. The summed E-state index contributed by atoms with van der Waals surface area (Å²) < 4.78 is 81.8. The Morgan fingerprint density at radius 1 is 0.854 bits per heavy atom. The van der Waals surface area contributed by atoms with Crippen LogP contribution in [0.5, 0.6) is 5.75 Å². The van der Waals surface area contributed by atoms with Crippen molar-refractivity contribution in [1.82, 2.24) is 25.2 Å². The van der Waals surface area contributed by atoms with Crippen molar-refractivity contribution in [3.05, 3.63) is 71.9 Å². The van der Waals surface area contributed by atoms with Gasteiger partial charge in [-0.1, -0.05) is 12.1 Å². The number of hydrogen-bond acceptors (Lipinski definition) is 6. The highest BCUT2D eigenvalue weighted by Crippen LogP contribution is 2.30. The highest BCUT2D eigenvalue weighted by molar-refractivity contribution is 5.95. The molecule has 216 valence electrons. The van der Waals surface area contributed by atoms with Crippen LogP contribution in [0.2, 0.25) is 0 Å². The van der Waals surface area contributed by atoms with Crippen LogP contribution in [0.1, 0.15) is 27.6 Å². The van der Waals surface area contributed by atoms with Crippen molar-refractivity contribution in [3.63, 3.8) is 0 Å². The number of halogens is 6. The molecule has 2 amide bonds. The smallest absolute Gasteiger partial charge is 0.422 e. The number of aromatic nitrogens is 3. The van der Waals surface area contributed by atoms with E-state index in [0.29, 0.717) is 23.3 Å². The zero-order valence-corrected chi connectivity index (χ0v) is 21.2. The number of pyridine rings is 1. The van der Waals surface area contributed by atoms with Gasteiger partial charge in [-0.3, -0.25) is 9.59 Å². The van der Waals surface area contributed by atoms with E-state index in [1.807, 2.05) is 0 Å². The number of nitrogens with zero attached hydrogens (tertiary/aromatic N) is 3. The van der Waals surface area contributed by atoms with Gasteiger partial charge in [-0.25, -0.2) is 4.52 Å². The topological polar surface area (TPSA) is 110 Å². The molecule has 2 aromatic carbocycles. The summed E-state index contributed by atoms with van der Waals surface area (Å²) in [6, 6.07) is 13.2. The summed E-state index contributed by atoms with van der Waals surface area (Å²) in [6.07, 6.45) is -7.53. The van der Waals surface area contributed by atoms with Crippen LogP contribution < -0.4 is 20.7 Å². The largest absolute Gasteiger partial charge is 0.482 e. The number of carbonyl (C=O) groups excluding carboxylic acids is 2. The zero-order valence-electron chi connectivity index (χ0n) is 21.2. The average molecular weight is 580 g/mol. The molecule has 0 spiro atoms. The molecule has 0 saturated heterocycles. The van der Waals surface area contributed by atoms with E-state index in [-0.39, 0.29) is 28.5 Å². The number of anilines is 2. The molecule has 0 aliphatic carbocycles. The van der Waals surface area contributed by atoms with Crippen LogP contribution in [0.3, 0.4) is 0 Å². The van der Waals surface area contributed by atoms with Crippen LogP contribution >= 0.6 is 0 Å². The van der Waals surface area contributed by atoms with Crippen molar-refractivity contribution in [3.8, 4) is 16.9 Å². The molecule has 0 saturated carbocycles. The van der Waals surface area contributed by atoms with E-state index >= 15 is 0 Å². The summed E-state index contributed by atoms with van der Waals surface area (Å²) in [5.74, 6) is -1.55. The van der Waals surface area contributed by atoms with E-state index in [1.54, 1.807) is 42.7 Å². The van der Waals surface area contributed by atoms with Crippen molar-refractivity contribution in [2.75, 3.05) is 25.0 Å². The average Bonchev–Trinajstić information content (AvgIpc) is 3.32. The van der Waals surface area contributed by atoms with Gasteiger partial charge in [-0.05, 0) is 55.0 Å². The summed E-state index contributed by atoms with van der Waals surface area (Å²) in [4.78, 5) is 28.4. The van der Waals surface area contributed by atoms with Gasteiger partial charge in [0.1, 0.15) is 12.3 Å². The van der Waals surface area contributed by atoms with Gasteiger partial charge in [-0.2, -0.15) is 31.3 Å². The molecule has 9 nitrogen and oxygen atoms in total. The molecule has 0 aliphatic rings. The number of rotatable bonds is 9. The molecule has 0 bridgehead atoms. The lowest BCUT2D eigenvalue weighted by Crippen LogP contribution is -2.33. The summed E-state index contributed by atoms with van der Waals surface area (Å²) >= 11 is 0. The molecular formula is C26H22F6N6O3. The Bertz CT molecular complexity index is 1550. The number of fused-ring (bicyclic) bond motifs is 1. The molecular weight excluding hydrogens is 558 g/mol. The Morgan fingerprint density at radius 2 is 1.51 bits per heavy atom. The molecule has 4 aromatic rings. The number of nitrogens with one attached hydrogen (secondary N) is 3. The second-order valence-electron chi connectivity index (χ2n) is 8.63. The van der Waals surface area contributed by atoms with Gasteiger partial charge in [0.15, 0.2) is 12.3 Å². The third-order valence-corrected chi connectivity index (χ3v) is 5.48. The predicted molar refractivity (Wildman–Crippen MR) is 136 cm³/mol. The molecule has 0 atom stereocenters. The van der Waals surface area contributed by atoms with Crippen molar-refractivity contribution >= 4 is 29.1 Å². The summed E-state index contributed by atoms with van der Waals surface area (Å²) in [5.41, 5.74) is 1.90. The lowest BCUT2D eigenvalue weighted by atomic mass is 10.1. The summed E-state index contributed by atoms with van der Waals surface area (Å²) in [6.45, 7) is -0.996. The molecule has 41 heavy (non-hydrogen) atoms. The first-order valence-corrected chi connectivity index (χ1v) is 12.0. The monoisotopic (exact) mass is 580 g/mol. The van der Waals surface area contributed by atoms with Crippen molar-refractivity contribution < 1.29 is 40.7 Å². The normalized spacial score (nSPS) is 11.8. The highest BCUT2D eigenvalue weighted by atomic mass is 19.4. The lowest BCUT2D eigenvalue weighted by Gasteiger charge is -2.14. The Kier molecular flexibility index (Phi) is 8.35. The molecule has 0 aliphatic heterocycles. The van der Waals surface area contributed by atoms with Crippen molar-refractivity contribution in [2.45, 2.75) is 19.3 Å². The van der Waals surface area contributed by atoms with Gasteiger partial charge >= 0.3 is 12.4 Å². The number of alkyl halides is 6. The van der Waals surface area contributed by atoms with Gasteiger partial charge in [0, 0.05) is 29.4 Å². The molecule has 15 heteroatoms. The van der Waals surface area contributed by atoms with Crippen LogP contribution in [0.4, 0.5) is 38.0 Å². The molecule has 2 heterocycles. The minimum absolute atomic E-state index is 0.0291. The molecule has 2 aromatic heterocycles. The number of amides is 2. The van der Waals surface area contributed by atoms with Crippen LogP contribution in [-0.2, 0) is 0 Å². The number of benzene rings is 2. The summed E-state index contributed by atoms with van der Waals surface area (Å²) in [7, 11) is 0. The first kappa shape index (κ1) is 29.2. The predicted octanol–water partition coefficient (Wildman–Crippen LogP) is 5.12. The van der Waals surface area contributed by atoms with E-state index in [4.69, 9.17) is 4.74 Å². The Morgan fingerprint density at radius 3 is 2.17 bits per heavy atom. The third-order valence-electron chi connectivity index (χ3n) is 5.48. The fourth-order valence-corrected chi connectivity index (χ4v) is 3.63. The van der Waals surface area contributed by atoms with Gasteiger partial charge < -0.3 is 20.7 Å². The third kappa shape index (κ3) is 7.86. The van der Waals surface area contributed by atoms with Crippen molar-refractivity contribution in [2.24, 2.45) is 0 Å². The molecule has 4 rings (SSSR count). The Labute approximate surface area is 228 Å². The minimum atomic E-state index is -4.61. The lowest BCUT2D eigenvalue weighted by molar-refractivity contribution is -0.153. The van der Waals surface area contributed by atoms with Gasteiger partial charge in [0.2, 0.25) is 5.95 Å². The molecule has 0 radical (unpaired) electrons. The Hall–Kier alpha value is -4.82. The first-order valence-electron chi connectivity index (χ1n) is 12.0. The van der Waals surface area contributed by atoms with E-state index in [2.05, 4.69) is 20.7 Å². The maximum Gasteiger partial charge on any atom is 0.422 e. The second kappa shape index (κ2) is 11.7. The highest BCUT2D eigenvalue weighted by Gasteiger charge is 2.29. The van der Waals surface area contributed by atoms with Crippen LogP contribution in [0.25, 0.3) is 16.8 Å². The Balaban J connectivity index is 1.54. The van der Waals surface area contributed by atoms with Gasteiger partial charge in [0.05, 0.1) is 5.69 Å². The maximum absolute atomic E-state index is 12.8. The van der Waals surface area contributed by atoms with Crippen molar-refractivity contribution in [1.29, 1.82) is 0 Å². The molecule has 3 N–H and O–H groups in total. The molecule has 0 fully saturated rings. The van der Waals surface area contributed by atoms with Crippen LogP contribution in [0.15, 0.2) is 60.8 Å². The number of hydrogen-bond donors (Lipinski definition) is 3. The zero-order chi connectivity index (χ0) is 29.8. The van der Waals surface area contributed by atoms with Crippen LogP contribution in [-0.4, -0.2) is 58.5 Å². The fraction of sp³-hybridized carbons (Fsp3) is 0.231. The van der Waals surface area contributed by atoms with E-state index in [9.17, 15) is 35.9 Å². The second-order valence-corrected chi connectivity index (χ2v) is 8.63. The maximum atomic E-state index is 12.8. The summed E-state index contributed by atoms with van der Waals surface area (Å²) in [5, 5.41) is 11.5. The minimum Gasteiger partial charge on any atom is -0.482 e. The van der Waals surface area contributed by atoms with Gasteiger partial charge in [0.25, 0.3) is 11.8 Å². The number of carbonyl (C=O) groups is 2. The first-order chi connectivity index (χ1) is 19.3. The van der Waals surface area contributed by atoms with Gasteiger partial charge in [-0.15, -0.1) is 5.10 Å². The molecule has 0 unspecified atom stereocenters.